The summed E-state index contributed by atoms with van der Waals surface area (Å²) in [5, 5.41) is 7.25. The number of aromatic nitrogens is 3. The fourth-order valence-corrected chi connectivity index (χ4v) is 2.71. The monoisotopic (exact) mass is 371 g/mol. The molecule has 0 bridgehead atoms. The molecule has 0 spiro atoms. The van der Waals surface area contributed by atoms with E-state index in [0.717, 1.165) is 11.1 Å². The van der Waals surface area contributed by atoms with E-state index < -0.39 is 0 Å². The standard InChI is InChI=1S/C19H21N3O5/c1-23-13-7-6-11(8-14(13)24-2)18-20-19(22-21-18)12-9-15(25-3)17(27-5)16(10-12)26-4/h6-10H,1-5H3,(H,20,21,22). The highest BCUT2D eigenvalue weighted by atomic mass is 16.5. The van der Waals surface area contributed by atoms with Crippen LogP contribution in [0.5, 0.6) is 28.7 Å². The molecular weight excluding hydrogens is 350 g/mol. The molecule has 0 fully saturated rings. The number of ether oxygens (including phenoxy) is 5. The fraction of sp³-hybridized carbons (Fsp3) is 0.263. The Morgan fingerprint density at radius 3 is 1.81 bits per heavy atom. The third-order valence-electron chi connectivity index (χ3n) is 4.07. The van der Waals surface area contributed by atoms with Gasteiger partial charge in [-0.15, -0.1) is 0 Å². The molecule has 0 aliphatic heterocycles. The van der Waals surface area contributed by atoms with Crippen LogP contribution in [0, 0.1) is 0 Å². The summed E-state index contributed by atoms with van der Waals surface area (Å²) in [5.74, 6) is 3.93. The van der Waals surface area contributed by atoms with Crippen molar-refractivity contribution in [3.05, 3.63) is 30.3 Å². The van der Waals surface area contributed by atoms with Crippen LogP contribution in [-0.2, 0) is 0 Å². The highest BCUT2D eigenvalue weighted by molar-refractivity contribution is 5.69. The summed E-state index contributed by atoms with van der Waals surface area (Å²) in [5.41, 5.74) is 1.55. The van der Waals surface area contributed by atoms with E-state index in [1.165, 1.54) is 0 Å². The lowest BCUT2D eigenvalue weighted by Crippen LogP contribution is -1.96. The number of hydrogen-bond donors (Lipinski definition) is 1. The zero-order valence-electron chi connectivity index (χ0n) is 15.8. The Morgan fingerprint density at radius 1 is 0.667 bits per heavy atom. The van der Waals surface area contributed by atoms with Crippen molar-refractivity contribution in [3.8, 4) is 51.5 Å². The van der Waals surface area contributed by atoms with E-state index in [1.807, 2.05) is 18.2 Å². The van der Waals surface area contributed by atoms with Crippen molar-refractivity contribution in [1.82, 2.24) is 15.2 Å². The second kappa shape index (κ2) is 7.86. The van der Waals surface area contributed by atoms with Gasteiger partial charge in [-0.3, -0.25) is 5.10 Å². The number of benzene rings is 2. The quantitative estimate of drug-likeness (QED) is 0.682. The number of H-pyrrole nitrogens is 1. The molecule has 3 rings (SSSR count). The maximum atomic E-state index is 5.39. The Morgan fingerprint density at radius 2 is 1.26 bits per heavy atom. The van der Waals surface area contributed by atoms with E-state index >= 15 is 0 Å². The van der Waals surface area contributed by atoms with Gasteiger partial charge in [-0.05, 0) is 30.3 Å². The van der Waals surface area contributed by atoms with Crippen LogP contribution < -0.4 is 23.7 Å². The van der Waals surface area contributed by atoms with Gasteiger partial charge in [-0.25, -0.2) is 4.98 Å². The summed E-state index contributed by atoms with van der Waals surface area (Å²) in [6.07, 6.45) is 0. The summed E-state index contributed by atoms with van der Waals surface area (Å²) in [4.78, 5) is 4.57. The van der Waals surface area contributed by atoms with Crippen LogP contribution in [-0.4, -0.2) is 50.7 Å². The maximum absolute atomic E-state index is 5.39. The minimum atomic E-state index is 0.499. The zero-order valence-corrected chi connectivity index (χ0v) is 15.8. The summed E-state index contributed by atoms with van der Waals surface area (Å²) in [6.45, 7) is 0. The number of nitrogens with one attached hydrogen (secondary N) is 1. The van der Waals surface area contributed by atoms with Gasteiger partial charge < -0.3 is 23.7 Å². The van der Waals surface area contributed by atoms with Gasteiger partial charge in [0.05, 0.1) is 35.5 Å². The molecular formula is C19H21N3O5. The first kappa shape index (κ1) is 18.4. The molecule has 0 radical (unpaired) electrons. The lowest BCUT2D eigenvalue weighted by atomic mass is 10.1. The molecule has 0 atom stereocenters. The number of nitrogens with zero attached hydrogens (tertiary/aromatic N) is 2. The van der Waals surface area contributed by atoms with E-state index in [-0.39, 0.29) is 0 Å². The van der Waals surface area contributed by atoms with Gasteiger partial charge in [-0.1, -0.05) is 0 Å². The molecule has 0 unspecified atom stereocenters. The van der Waals surface area contributed by atoms with Crippen molar-refractivity contribution in [3.63, 3.8) is 0 Å². The molecule has 8 heteroatoms. The van der Waals surface area contributed by atoms with Gasteiger partial charge in [-0.2, -0.15) is 5.10 Å². The van der Waals surface area contributed by atoms with Gasteiger partial charge in [0.15, 0.2) is 34.6 Å². The Balaban J connectivity index is 2.01. The molecule has 142 valence electrons. The average molecular weight is 371 g/mol. The molecule has 1 aromatic heterocycles. The molecule has 0 amide bonds. The molecule has 3 aromatic rings. The Hall–Kier alpha value is -3.42. The fourth-order valence-electron chi connectivity index (χ4n) is 2.71. The van der Waals surface area contributed by atoms with Crippen LogP contribution >= 0.6 is 0 Å². The van der Waals surface area contributed by atoms with Gasteiger partial charge in [0.2, 0.25) is 5.75 Å². The summed E-state index contributed by atoms with van der Waals surface area (Å²) < 4.78 is 26.7. The van der Waals surface area contributed by atoms with E-state index in [0.29, 0.717) is 40.4 Å². The summed E-state index contributed by atoms with van der Waals surface area (Å²) >= 11 is 0. The molecule has 0 saturated heterocycles. The normalized spacial score (nSPS) is 10.4. The highest BCUT2D eigenvalue weighted by Gasteiger charge is 2.17. The van der Waals surface area contributed by atoms with E-state index in [4.69, 9.17) is 23.7 Å². The van der Waals surface area contributed by atoms with Crippen LogP contribution in [0.3, 0.4) is 0 Å². The highest BCUT2D eigenvalue weighted by Crippen LogP contribution is 2.40. The van der Waals surface area contributed by atoms with Crippen LogP contribution in [0.1, 0.15) is 0 Å². The van der Waals surface area contributed by atoms with Crippen LogP contribution in [0.4, 0.5) is 0 Å². The number of hydrogen-bond acceptors (Lipinski definition) is 7. The SMILES string of the molecule is COc1ccc(-c2nc(-c3cc(OC)c(OC)c(OC)c3)n[nH]2)cc1OC. The summed E-state index contributed by atoms with van der Waals surface area (Å²) in [6, 6.07) is 9.11. The topological polar surface area (TPSA) is 87.7 Å². The Kier molecular flexibility index (Phi) is 5.35. The Bertz CT molecular complexity index is 914. The van der Waals surface area contributed by atoms with Gasteiger partial charge in [0.25, 0.3) is 0 Å². The molecule has 1 heterocycles. The molecule has 8 nitrogen and oxygen atoms in total. The van der Waals surface area contributed by atoms with Crippen LogP contribution in [0.15, 0.2) is 30.3 Å². The molecule has 0 aliphatic rings. The third-order valence-corrected chi connectivity index (χ3v) is 4.07. The van der Waals surface area contributed by atoms with E-state index in [2.05, 4.69) is 15.2 Å². The smallest absolute Gasteiger partial charge is 0.203 e. The second-order valence-corrected chi connectivity index (χ2v) is 5.49. The van der Waals surface area contributed by atoms with Crippen molar-refractivity contribution < 1.29 is 23.7 Å². The first-order valence-electron chi connectivity index (χ1n) is 8.10. The lowest BCUT2D eigenvalue weighted by molar-refractivity contribution is 0.324. The first-order valence-corrected chi connectivity index (χ1v) is 8.10. The minimum Gasteiger partial charge on any atom is -0.493 e. The largest absolute Gasteiger partial charge is 0.493 e. The summed E-state index contributed by atoms with van der Waals surface area (Å²) in [7, 11) is 7.86. The predicted molar refractivity (Wildman–Crippen MR) is 100 cm³/mol. The number of methoxy groups -OCH3 is 5. The van der Waals surface area contributed by atoms with Crippen molar-refractivity contribution in [2.75, 3.05) is 35.5 Å². The van der Waals surface area contributed by atoms with E-state index in [9.17, 15) is 0 Å². The molecule has 27 heavy (non-hydrogen) atoms. The molecule has 0 saturated carbocycles. The number of aromatic amines is 1. The number of rotatable bonds is 7. The van der Waals surface area contributed by atoms with Gasteiger partial charge >= 0.3 is 0 Å². The molecule has 1 N–H and O–H groups in total. The van der Waals surface area contributed by atoms with Crippen LogP contribution in [0.2, 0.25) is 0 Å². The predicted octanol–water partition coefficient (Wildman–Crippen LogP) is 3.18. The van der Waals surface area contributed by atoms with Gasteiger partial charge in [0, 0.05) is 11.1 Å². The molecule has 2 aromatic carbocycles. The third kappa shape index (κ3) is 3.46. The maximum Gasteiger partial charge on any atom is 0.203 e. The lowest BCUT2D eigenvalue weighted by Gasteiger charge is -2.12. The van der Waals surface area contributed by atoms with Gasteiger partial charge in [0.1, 0.15) is 0 Å². The van der Waals surface area contributed by atoms with Crippen molar-refractivity contribution in [2.45, 2.75) is 0 Å². The van der Waals surface area contributed by atoms with Crippen molar-refractivity contribution >= 4 is 0 Å². The second-order valence-electron chi connectivity index (χ2n) is 5.49. The average Bonchev–Trinajstić information content (AvgIpc) is 3.22. The Labute approximate surface area is 157 Å². The van der Waals surface area contributed by atoms with Crippen molar-refractivity contribution in [1.29, 1.82) is 0 Å². The first-order chi connectivity index (χ1) is 13.1. The van der Waals surface area contributed by atoms with Crippen LogP contribution in [0.25, 0.3) is 22.8 Å². The molecule has 0 aliphatic carbocycles. The zero-order chi connectivity index (χ0) is 19.4. The van der Waals surface area contributed by atoms with E-state index in [1.54, 1.807) is 47.7 Å². The van der Waals surface area contributed by atoms with Crippen molar-refractivity contribution in [2.24, 2.45) is 0 Å². The minimum absolute atomic E-state index is 0.499.